The van der Waals surface area contributed by atoms with Gasteiger partial charge in [-0.2, -0.15) is 13.2 Å². The van der Waals surface area contributed by atoms with Crippen LogP contribution < -0.4 is 11.1 Å². The Morgan fingerprint density at radius 3 is 1.86 bits per heavy atom. The van der Waals surface area contributed by atoms with Crippen molar-refractivity contribution in [3.63, 3.8) is 0 Å². The van der Waals surface area contributed by atoms with E-state index < -0.39 is 12.1 Å². The first-order valence-corrected chi connectivity index (χ1v) is 3.52. The second kappa shape index (κ2) is 7.13. The minimum atomic E-state index is -5.08. The molecule has 0 aromatic carbocycles. The fraction of sp³-hybridized carbons (Fsp3) is 0.667. The van der Waals surface area contributed by atoms with E-state index in [9.17, 15) is 18.0 Å². The van der Waals surface area contributed by atoms with E-state index >= 15 is 0 Å². The van der Waals surface area contributed by atoms with Crippen LogP contribution in [0, 0.1) is 0 Å². The number of carbonyl (C=O) groups excluding carboxylic acids is 1. The Kier molecular flexibility index (Phi) is 7.73. The minimum Gasteiger partial charge on any atom is -0.475 e. The first kappa shape index (κ1) is 15.2. The number of aliphatic carboxylic acids is 1. The zero-order chi connectivity index (χ0) is 11.8. The monoisotopic (exact) mass is 216 g/mol. The van der Waals surface area contributed by atoms with Crippen LogP contribution in [0.15, 0.2) is 0 Å². The summed E-state index contributed by atoms with van der Waals surface area (Å²) in [4.78, 5) is 19.1. The van der Waals surface area contributed by atoms with E-state index in [0.29, 0.717) is 6.54 Å². The van der Waals surface area contributed by atoms with Crippen molar-refractivity contribution in [1.29, 1.82) is 0 Å². The number of carbonyl (C=O) groups is 2. The molecule has 0 spiro atoms. The van der Waals surface area contributed by atoms with E-state index in [-0.39, 0.29) is 12.5 Å². The summed E-state index contributed by atoms with van der Waals surface area (Å²) in [6.45, 7) is 2.61. The first-order chi connectivity index (χ1) is 6.25. The summed E-state index contributed by atoms with van der Waals surface area (Å²) in [5.41, 5.74) is 4.95. The fourth-order valence-corrected chi connectivity index (χ4v) is 0.269. The van der Waals surface area contributed by atoms with Crippen molar-refractivity contribution < 1.29 is 27.9 Å². The van der Waals surface area contributed by atoms with E-state index in [2.05, 4.69) is 5.32 Å². The molecule has 0 radical (unpaired) electrons. The molecule has 0 unspecified atom stereocenters. The number of rotatable bonds is 2. The second-order valence-corrected chi connectivity index (χ2v) is 1.96. The fourth-order valence-electron chi connectivity index (χ4n) is 0.269. The van der Waals surface area contributed by atoms with Crippen LogP contribution in [0.4, 0.5) is 13.2 Å². The summed E-state index contributed by atoms with van der Waals surface area (Å²) in [5.74, 6) is -2.85. The molecule has 4 N–H and O–H groups in total. The molecule has 0 atom stereocenters. The van der Waals surface area contributed by atoms with Gasteiger partial charge in [-0.1, -0.05) is 0 Å². The van der Waals surface area contributed by atoms with Crippen LogP contribution in [-0.4, -0.2) is 36.2 Å². The van der Waals surface area contributed by atoms with Gasteiger partial charge in [0.1, 0.15) is 0 Å². The predicted molar refractivity (Wildman–Crippen MR) is 41.4 cm³/mol. The van der Waals surface area contributed by atoms with Gasteiger partial charge >= 0.3 is 12.1 Å². The van der Waals surface area contributed by atoms with Gasteiger partial charge < -0.3 is 16.2 Å². The quantitative estimate of drug-likeness (QED) is 0.591. The van der Waals surface area contributed by atoms with Crippen LogP contribution in [0.25, 0.3) is 0 Å². The molecule has 84 valence electrons. The van der Waals surface area contributed by atoms with E-state index in [0.717, 1.165) is 0 Å². The number of likely N-dealkylation sites (N-methyl/N-ethyl adjacent to an activating group) is 1. The average Bonchev–Trinajstić information content (AvgIpc) is 2.04. The van der Waals surface area contributed by atoms with E-state index in [1.54, 1.807) is 0 Å². The molecule has 1 amide bonds. The highest BCUT2D eigenvalue weighted by molar-refractivity contribution is 5.77. The summed E-state index contributed by atoms with van der Waals surface area (Å²) in [7, 11) is 0. The molecule has 0 bridgehead atoms. The van der Waals surface area contributed by atoms with Crippen molar-refractivity contribution in [3.05, 3.63) is 0 Å². The molecular weight excluding hydrogens is 205 g/mol. The van der Waals surface area contributed by atoms with Gasteiger partial charge in [0.2, 0.25) is 5.91 Å². The van der Waals surface area contributed by atoms with Gasteiger partial charge in [0, 0.05) is 6.54 Å². The van der Waals surface area contributed by atoms with Gasteiger partial charge in [0.25, 0.3) is 0 Å². The predicted octanol–water partition coefficient (Wildman–Crippen LogP) is -0.286. The first-order valence-electron chi connectivity index (χ1n) is 3.52. The number of hydrogen-bond donors (Lipinski definition) is 3. The van der Waals surface area contributed by atoms with Crippen LogP contribution in [-0.2, 0) is 9.59 Å². The van der Waals surface area contributed by atoms with Gasteiger partial charge in [-0.15, -0.1) is 0 Å². The molecule has 0 saturated heterocycles. The molecule has 0 aromatic heterocycles. The van der Waals surface area contributed by atoms with Crippen molar-refractivity contribution in [2.45, 2.75) is 13.1 Å². The molecule has 0 rings (SSSR count). The lowest BCUT2D eigenvalue weighted by molar-refractivity contribution is -0.192. The molecule has 14 heavy (non-hydrogen) atoms. The second-order valence-electron chi connectivity index (χ2n) is 1.96. The smallest absolute Gasteiger partial charge is 0.475 e. The zero-order valence-electron chi connectivity index (χ0n) is 7.39. The van der Waals surface area contributed by atoms with Crippen LogP contribution in [0.5, 0.6) is 0 Å². The minimum absolute atomic E-state index is 0.0911. The standard InChI is InChI=1S/C4H10N2O.C2HF3O2/c1-2-6-4(7)3-5;3-2(4,5)1(6)7/h2-3,5H2,1H3,(H,6,7);(H,6,7). The highest BCUT2D eigenvalue weighted by Gasteiger charge is 2.38. The Morgan fingerprint density at radius 2 is 1.79 bits per heavy atom. The molecule has 0 aliphatic rings. The number of carboxylic acid groups (broad SMARTS) is 1. The van der Waals surface area contributed by atoms with Crippen molar-refractivity contribution in [2.75, 3.05) is 13.1 Å². The SMILES string of the molecule is CCNC(=O)CN.O=C(O)C(F)(F)F. The molecule has 8 heteroatoms. The van der Waals surface area contributed by atoms with Gasteiger partial charge in [0.05, 0.1) is 6.54 Å². The normalized spacial score (nSPS) is 9.79. The third-order valence-electron chi connectivity index (χ3n) is 0.802. The number of amides is 1. The molecular formula is C6H11F3N2O3. The number of hydrogen-bond acceptors (Lipinski definition) is 3. The van der Waals surface area contributed by atoms with E-state index in [4.69, 9.17) is 15.6 Å². The van der Waals surface area contributed by atoms with Crippen LogP contribution in [0.2, 0.25) is 0 Å². The highest BCUT2D eigenvalue weighted by atomic mass is 19.4. The molecule has 0 heterocycles. The summed E-state index contributed by atoms with van der Waals surface area (Å²) < 4.78 is 31.7. The Bertz CT molecular complexity index is 193. The Labute approximate surface area is 78.1 Å². The van der Waals surface area contributed by atoms with Gasteiger partial charge in [-0.3, -0.25) is 4.79 Å². The summed E-state index contributed by atoms with van der Waals surface area (Å²) >= 11 is 0. The van der Waals surface area contributed by atoms with Crippen molar-refractivity contribution in [2.24, 2.45) is 5.73 Å². The van der Waals surface area contributed by atoms with Crippen LogP contribution in [0.3, 0.4) is 0 Å². The Hall–Kier alpha value is -1.31. The molecule has 0 fully saturated rings. The van der Waals surface area contributed by atoms with E-state index in [1.807, 2.05) is 6.92 Å². The number of nitrogens with one attached hydrogen (secondary N) is 1. The maximum Gasteiger partial charge on any atom is 0.490 e. The van der Waals surface area contributed by atoms with Crippen LogP contribution >= 0.6 is 0 Å². The van der Waals surface area contributed by atoms with Crippen LogP contribution in [0.1, 0.15) is 6.92 Å². The highest BCUT2D eigenvalue weighted by Crippen LogP contribution is 2.13. The lowest BCUT2D eigenvalue weighted by Crippen LogP contribution is -2.29. The van der Waals surface area contributed by atoms with Crippen molar-refractivity contribution in [3.8, 4) is 0 Å². The number of alkyl halides is 3. The third-order valence-corrected chi connectivity index (χ3v) is 0.802. The van der Waals surface area contributed by atoms with Gasteiger partial charge in [-0.05, 0) is 6.92 Å². The molecule has 0 aliphatic heterocycles. The molecule has 0 saturated carbocycles. The lowest BCUT2D eigenvalue weighted by atomic mass is 10.6. The third kappa shape index (κ3) is 10.7. The molecule has 5 nitrogen and oxygen atoms in total. The zero-order valence-corrected chi connectivity index (χ0v) is 7.39. The van der Waals surface area contributed by atoms with Gasteiger partial charge in [-0.25, -0.2) is 4.79 Å². The average molecular weight is 216 g/mol. The number of carboxylic acids is 1. The topological polar surface area (TPSA) is 92.4 Å². The van der Waals surface area contributed by atoms with E-state index in [1.165, 1.54) is 0 Å². The summed E-state index contributed by atoms with van der Waals surface area (Å²) in [6, 6.07) is 0. The maximum atomic E-state index is 10.6. The largest absolute Gasteiger partial charge is 0.490 e. The van der Waals surface area contributed by atoms with Crippen molar-refractivity contribution >= 4 is 11.9 Å². The molecule has 0 aliphatic carbocycles. The summed E-state index contributed by atoms with van der Waals surface area (Å²) in [6.07, 6.45) is -5.08. The number of halogens is 3. The van der Waals surface area contributed by atoms with Crippen molar-refractivity contribution in [1.82, 2.24) is 5.32 Å². The Balaban J connectivity index is 0. The molecule has 0 aromatic rings. The summed E-state index contributed by atoms with van der Waals surface area (Å²) in [5, 5.41) is 9.66. The lowest BCUT2D eigenvalue weighted by Gasteiger charge is -1.93. The Morgan fingerprint density at radius 1 is 1.43 bits per heavy atom. The number of nitrogens with two attached hydrogens (primary N) is 1. The maximum absolute atomic E-state index is 10.6. The van der Waals surface area contributed by atoms with Gasteiger partial charge in [0.15, 0.2) is 0 Å².